The normalized spacial score (nSPS) is 15.2. The molecule has 5 heteroatoms. The Morgan fingerprint density at radius 1 is 0.875 bits per heavy atom. The Hall–Kier alpha value is -2.40. The predicted octanol–water partition coefficient (Wildman–Crippen LogP) is 3.46. The lowest BCUT2D eigenvalue weighted by Crippen LogP contribution is -2.35. The van der Waals surface area contributed by atoms with Crippen molar-refractivity contribution in [2.75, 3.05) is 32.2 Å². The van der Waals surface area contributed by atoms with Gasteiger partial charge in [-0.15, -0.1) is 0 Å². The van der Waals surface area contributed by atoms with Gasteiger partial charge in [-0.05, 0) is 49.2 Å². The fourth-order valence-corrected chi connectivity index (χ4v) is 2.87. The van der Waals surface area contributed by atoms with E-state index < -0.39 is 0 Å². The minimum atomic E-state index is -0.158. The molecule has 0 aliphatic carbocycles. The number of hydrogen-bond donors (Lipinski definition) is 1. The molecule has 24 heavy (non-hydrogen) atoms. The average Bonchev–Trinajstić information content (AvgIpc) is 2.63. The maximum absolute atomic E-state index is 9.60. The first kappa shape index (κ1) is 16.5. The molecule has 5 nitrogen and oxygen atoms in total. The Balaban J connectivity index is 1.68. The summed E-state index contributed by atoms with van der Waals surface area (Å²) in [5.74, 6) is 2.77. The van der Waals surface area contributed by atoms with Crippen molar-refractivity contribution in [1.29, 1.82) is 0 Å². The highest BCUT2D eigenvalue weighted by Gasteiger charge is 2.17. The summed E-state index contributed by atoms with van der Waals surface area (Å²) in [6.07, 6.45) is 1.49. The third-order valence-corrected chi connectivity index (χ3v) is 4.26. The number of ether oxygens (including phenoxy) is 3. The van der Waals surface area contributed by atoms with Gasteiger partial charge < -0.3 is 24.2 Å². The molecule has 1 aliphatic heterocycles. The first-order chi connectivity index (χ1) is 11.7. The average molecular weight is 329 g/mol. The second kappa shape index (κ2) is 7.45. The lowest BCUT2D eigenvalue weighted by Gasteiger charge is -2.31. The number of benzene rings is 2. The van der Waals surface area contributed by atoms with Gasteiger partial charge in [0.25, 0.3) is 0 Å². The maximum atomic E-state index is 9.60. The third-order valence-electron chi connectivity index (χ3n) is 4.26. The lowest BCUT2D eigenvalue weighted by molar-refractivity contribution is 0.145. The van der Waals surface area contributed by atoms with Crippen molar-refractivity contribution < 1.29 is 19.3 Å². The number of hydrogen-bond acceptors (Lipinski definition) is 5. The van der Waals surface area contributed by atoms with Gasteiger partial charge >= 0.3 is 0 Å². The molecular formula is C19H23NO4. The van der Waals surface area contributed by atoms with Crippen LogP contribution >= 0.6 is 0 Å². The van der Waals surface area contributed by atoms with Crippen molar-refractivity contribution in [2.45, 2.75) is 18.9 Å². The van der Waals surface area contributed by atoms with Gasteiger partial charge in [-0.2, -0.15) is 0 Å². The van der Waals surface area contributed by atoms with E-state index in [0.717, 1.165) is 37.4 Å². The molecule has 1 aliphatic rings. The van der Waals surface area contributed by atoms with E-state index in [-0.39, 0.29) is 6.10 Å². The van der Waals surface area contributed by atoms with Gasteiger partial charge in [0.15, 0.2) is 11.5 Å². The number of piperidine rings is 1. The second-order valence-electron chi connectivity index (χ2n) is 5.83. The molecule has 1 heterocycles. The molecule has 3 rings (SSSR count). The van der Waals surface area contributed by atoms with Crippen LogP contribution in [0.4, 0.5) is 5.69 Å². The van der Waals surface area contributed by atoms with Crippen molar-refractivity contribution in [3.05, 3.63) is 42.5 Å². The molecule has 1 saturated heterocycles. The van der Waals surface area contributed by atoms with E-state index in [1.807, 2.05) is 36.4 Å². The van der Waals surface area contributed by atoms with Crippen molar-refractivity contribution in [1.82, 2.24) is 0 Å². The second-order valence-corrected chi connectivity index (χ2v) is 5.83. The van der Waals surface area contributed by atoms with Crippen molar-refractivity contribution in [3.63, 3.8) is 0 Å². The van der Waals surface area contributed by atoms with Gasteiger partial charge in [-0.1, -0.05) is 0 Å². The smallest absolute Gasteiger partial charge is 0.164 e. The highest BCUT2D eigenvalue weighted by atomic mass is 16.5. The summed E-state index contributed by atoms with van der Waals surface area (Å²) in [6, 6.07) is 13.5. The van der Waals surface area contributed by atoms with E-state index in [0.29, 0.717) is 17.2 Å². The van der Waals surface area contributed by atoms with E-state index in [1.165, 1.54) is 0 Å². The molecule has 0 unspecified atom stereocenters. The molecule has 0 amide bonds. The highest BCUT2D eigenvalue weighted by molar-refractivity contribution is 5.51. The van der Waals surface area contributed by atoms with Gasteiger partial charge in [-0.3, -0.25) is 0 Å². The summed E-state index contributed by atoms with van der Waals surface area (Å²) in [5, 5.41) is 9.60. The van der Waals surface area contributed by atoms with Crippen molar-refractivity contribution in [2.24, 2.45) is 0 Å². The summed E-state index contributed by atoms with van der Waals surface area (Å²) in [4.78, 5) is 2.28. The van der Waals surface area contributed by atoms with E-state index in [2.05, 4.69) is 4.90 Å². The standard InChI is InChI=1S/C19H23NO4/c1-22-18-8-7-17(13-19(18)23-2)24-16-5-3-14(4-6-16)20-11-9-15(21)10-12-20/h3-8,13,15,21H,9-12H2,1-2H3. The number of nitrogens with zero attached hydrogens (tertiary/aromatic N) is 1. The Bertz CT molecular complexity index is 664. The molecule has 0 bridgehead atoms. The molecular weight excluding hydrogens is 306 g/mol. The van der Waals surface area contributed by atoms with Gasteiger partial charge in [0.1, 0.15) is 11.5 Å². The van der Waals surface area contributed by atoms with E-state index in [1.54, 1.807) is 20.3 Å². The number of rotatable bonds is 5. The summed E-state index contributed by atoms with van der Waals surface area (Å²) < 4.78 is 16.4. The van der Waals surface area contributed by atoms with Crippen LogP contribution in [0.15, 0.2) is 42.5 Å². The zero-order chi connectivity index (χ0) is 16.9. The zero-order valence-electron chi connectivity index (χ0n) is 14.1. The van der Waals surface area contributed by atoms with Gasteiger partial charge in [0.05, 0.1) is 20.3 Å². The van der Waals surface area contributed by atoms with Crippen molar-refractivity contribution in [3.8, 4) is 23.0 Å². The van der Waals surface area contributed by atoms with Crippen LogP contribution in [0.1, 0.15) is 12.8 Å². The zero-order valence-corrected chi connectivity index (χ0v) is 14.1. The molecule has 2 aromatic rings. The monoisotopic (exact) mass is 329 g/mol. The van der Waals surface area contributed by atoms with Crippen LogP contribution in [-0.4, -0.2) is 38.5 Å². The first-order valence-corrected chi connectivity index (χ1v) is 8.12. The van der Waals surface area contributed by atoms with Crippen LogP contribution in [0.2, 0.25) is 0 Å². The predicted molar refractivity (Wildman–Crippen MR) is 93.5 cm³/mol. The fourth-order valence-electron chi connectivity index (χ4n) is 2.87. The van der Waals surface area contributed by atoms with Crippen molar-refractivity contribution >= 4 is 5.69 Å². The molecule has 0 radical (unpaired) electrons. The number of methoxy groups -OCH3 is 2. The van der Waals surface area contributed by atoms with Gasteiger partial charge in [0.2, 0.25) is 0 Å². The van der Waals surface area contributed by atoms with Crippen LogP contribution in [0.3, 0.4) is 0 Å². The maximum Gasteiger partial charge on any atom is 0.164 e. The Morgan fingerprint density at radius 2 is 1.50 bits per heavy atom. The third kappa shape index (κ3) is 3.74. The van der Waals surface area contributed by atoms with Crippen LogP contribution < -0.4 is 19.1 Å². The molecule has 0 saturated carbocycles. The lowest BCUT2D eigenvalue weighted by atomic mass is 10.1. The van der Waals surface area contributed by atoms with Gasteiger partial charge in [-0.25, -0.2) is 0 Å². The summed E-state index contributed by atoms with van der Waals surface area (Å²) in [6.45, 7) is 1.77. The van der Waals surface area contributed by atoms with E-state index in [4.69, 9.17) is 14.2 Å². The molecule has 0 aromatic heterocycles. The number of anilines is 1. The van der Waals surface area contributed by atoms with E-state index >= 15 is 0 Å². The van der Waals surface area contributed by atoms with Crippen LogP contribution in [0.25, 0.3) is 0 Å². The molecule has 128 valence electrons. The molecule has 1 N–H and O–H groups in total. The summed E-state index contributed by atoms with van der Waals surface area (Å²) in [7, 11) is 3.21. The molecule has 1 fully saturated rings. The number of aliphatic hydroxyl groups excluding tert-OH is 1. The SMILES string of the molecule is COc1ccc(Oc2ccc(N3CCC(O)CC3)cc2)cc1OC. The van der Waals surface area contributed by atoms with E-state index in [9.17, 15) is 5.11 Å². The molecule has 0 atom stereocenters. The van der Waals surface area contributed by atoms with Crippen LogP contribution in [-0.2, 0) is 0 Å². The molecule has 2 aromatic carbocycles. The Morgan fingerprint density at radius 3 is 2.12 bits per heavy atom. The quantitative estimate of drug-likeness (QED) is 0.910. The topological polar surface area (TPSA) is 51.2 Å². The Kier molecular flexibility index (Phi) is 5.11. The van der Waals surface area contributed by atoms with Crippen LogP contribution in [0, 0.1) is 0 Å². The molecule has 0 spiro atoms. The fraction of sp³-hybridized carbons (Fsp3) is 0.368. The highest BCUT2D eigenvalue weighted by Crippen LogP contribution is 2.33. The minimum Gasteiger partial charge on any atom is -0.493 e. The summed E-state index contributed by atoms with van der Waals surface area (Å²) in [5.41, 5.74) is 1.15. The summed E-state index contributed by atoms with van der Waals surface area (Å²) >= 11 is 0. The number of aliphatic hydroxyl groups is 1. The first-order valence-electron chi connectivity index (χ1n) is 8.12. The largest absolute Gasteiger partial charge is 0.493 e. The minimum absolute atomic E-state index is 0.158. The van der Waals surface area contributed by atoms with Gasteiger partial charge in [0, 0.05) is 24.8 Å². The van der Waals surface area contributed by atoms with Crippen LogP contribution in [0.5, 0.6) is 23.0 Å². The Labute approximate surface area is 142 Å².